The van der Waals surface area contributed by atoms with Crippen LogP contribution < -0.4 is 10.1 Å². The van der Waals surface area contributed by atoms with Gasteiger partial charge in [-0.05, 0) is 37.4 Å². The van der Waals surface area contributed by atoms with E-state index in [9.17, 15) is 4.79 Å². The molecule has 196 valence electrons. The highest BCUT2D eigenvalue weighted by molar-refractivity contribution is 6.55. The van der Waals surface area contributed by atoms with Crippen molar-refractivity contribution < 1.29 is 13.9 Å². The number of carbonyl (C=O) groups is 1. The van der Waals surface area contributed by atoms with Gasteiger partial charge in [0, 0.05) is 13.1 Å². The van der Waals surface area contributed by atoms with E-state index < -0.39 is 5.91 Å². The smallest absolute Gasteiger partial charge is 0.293 e. The van der Waals surface area contributed by atoms with Gasteiger partial charge in [-0.25, -0.2) is 4.98 Å². The van der Waals surface area contributed by atoms with E-state index >= 15 is 0 Å². The fourth-order valence-corrected chi connectivity index (χ4v) is 5.00. The van der Waals surface area contributed by atoms with E-state index in [4.69, 9.17) is 67.2 Å². The minimum Gasteiger partial charge on any atom is -0.482 e. The Morgan fingerprint density at radius 1 is 0.973 bits per heavy atom. The van der Waals surface area contributed by atoms with Crippen LogP contribution in [0.5, 0.6) is 5.75 Å². The first-order valence-corrected chi connectivity index (χ1v) is 13.4. The number of ether oxygens (including phenoxy) is 1. The number of furan rings is 1. The second-order valence-electron chi connectivity index (χ2n) is 8.01. The first-order chi connectivity index (χ1) is 17.7. The van der Waals surface area contributed by atoms with Gasteiger partial charge < -0.3 is 18.6 Å². The summed E-state index contributed by atoms with van der Waals surface area (Å²) in [5.74, 6) is 0.503. The number of hydrogen-bond donors (Lipinski definition) is 1. The van der Waals surface area contributed by atoms with Crippen LogP contribution in [0.1, 0.15) is 30.2 Å². The van der Waals surface area contributed by atoms with Crippen LogP contribution >= 0.6 is 58.0 Å². The maximum Gasteiger partial charge on any atom is 0.293 e. The molecule has 4 rings (SSSR count). The Hall–Kier alpha value is -2.13. The summed E-state index contributed by atoms with van der Waals surface area (Å²) in [5, 5.41) is 3.00. The lowest BCUT2D eigenvalue weighted by molar-refractivity contribution is 0.0991. The molecule has 0 saturated heterocycles. The molecule has 1 amide bonds. The molecule has 37 heavy (non-hydrogen) atoms. The Balaban J connectivity index is 1.50. The van der Waals surface area contributed by atoms with Gasteiger partial charge in [0.2, 0.25) is 5.95 Å². The van der Waals surface area contributed by atoms with Gasteiger partial charge in [0.05, 0.1) is 26.1 Å². The summed E-state index contributed by atoms with van der Waals surface area (Å²) in [6.07, 6.45) is 0. The molecule has 0 radical (unpaired) electrons. The quantitative estimate of drug-likeness (QED) is 0.146. The van der Waals surface area contributed by atoms with Crippen molar-refractivity contribution in [1.29, 1.82) is 0 Å². The first kappa shape index (κ1) is 27.9. The van der Waals surface area contributed by atoms with Gasteiger partial charge in [-0.3, -0.25) is 10.1 Å². The number of fused-ring (bicyclic) bond motifs is 1. The molecule has 0 spiro atoms. The molecule has 12 heteroatoms. The van der Waals surface area contributed by atoms with Crippen LogP contribution in [-0.2, 0) is 13.2 Å². The monoisotopic (exact) mass is 602 g/mol. The van der Waals surface area contributed by atoms with Crippen molar-refractivity contribution in [3.63, 3.8) is 0 Å². The van der Waals surface area contributed by atoms with Crippen molar-refractivity contribution >= 4 is 80.9 Å². The van der Waals surface area contributed by atoms with E-state index in [1.165, 1.54) is 0 Å². The van der Waals surface area contributed by atoms with Gasteiger partial charge in [0.15, 0.2) is 11.5 Å². The van der Waals surface area contributed by atoms with Gasteiger partial charge in [0.1, 0.15) is 22.4 Å². The zero-order valence-electron chi connectivity index (χ0n) is 20.0. The van der Waals surface area contributed by atoms with E-state index in [0.29, 0.717) is 18.3 Å². The summed E-state index contributed by atoms with van der Waals surface area (Å²) >= 11 is 30.6. The summed E-state index contributed by atoms with van der Waals surface area (Å²) in [4.78, 5) is 19.9. The van der Waals surface area contributed by atoms with Crippen LogP contribution in [-0.4, -0.2) is 40.0 Å². The number of carbonyl (C=O) groups excluding carboxylic acids is 1. The van der Waals surface area contributed by atoms with Crippen LogP contribution in [0.3, 0.4) is 0 Å². The Morgan fingerprint density at radius 3 is 2.30 bits per heavy atom. The second-order valence-corrected chi connectivity index (χ2v) is 9.90. The Kier molecular flexibility index (Phi) is 9.16. The summed E-state index contributed by atoms with van der Waals surface area (Å²) < 4.78 is 13.4. The molecule has 4 aromatic rings. The number of nitrogens with one attached hydrogen (secondary N) is 1. The number of imidazole rings is 1. The molecule has 1 N–H and O–H groups in total. The van der Waals surface area contributed by atoms with Crippen molar-refractivity contribution in [1.82, 2.24) is 14.5 Å². The fourth-order valence-electron chi connectivity index (χ4n) is 3.77. The van der Waals surface area contributed by atoms with E-state index in [-0.39, 0.29) is 43.2 Å². The third-order valence-corrected chi connectivity index (χ3v) is 8.07. The van der Waals surface area contributed by atoms with E-state index in [0.717, 1.165) is 30.7 Å². The Bertz CT molecular complexity index is 1400. The number of benzene rings is 2. The maximum absolute atomic E-state index is 13.0. The molecule has 0 aliphatic carbocycles. The number of rotatable bonds is 10. The molecular weight excluding hydrogens is 582 g/mol. The number of anilines is 1. The fraction of sp³-hybridized carbons (Fsp3) is 0.280. The second kappa shape index (κ2) is 12.2. The first-order valence-electron chi connectivity index (χ1n) is 11.5. The molecule has 2 heterocycles. The highest BCUT2D eigenvalue weighted by Gasteiger charge is 2.22. The number of nitrogens with zero attached hydrogens (tertiary/aromatic N) is 3. The number of likely N-dealkylation sites (N-methyl/N-ethyl adjacent to an activating group) is 1. The zero-order chi connectivity index (χ0) is 26.7. The molecule has 0 atom stereocenters. The Labute approximate surface area is 239 Å². The third-order valence-electron chi connectivity index (χ3n) is 5.83. The lowest BCUT2D eigenvalue weighted by Gasteiger charge is -2.19. The van der Waals surface area contributed by atoms with Crippen LogP contribution in [0.25, 0.3) is 11.0 Å². The average molecular weight is 605 g/mol. The predicted molar refractivity (Wildman–Crippen MR) is 150 cm³/mol. The largest absolute Gasteiger partial charge is 0.482 e. The molecule has 0 aliphatic rings. The average Bonchev–Trinajstić information content (AvgIpc) is 3.51. The minimum atomic E-state index is -0.445. The predicted octanol–water partition coefficient (Wildman–Crippen LogP) is 8.07. The van der Waals surface area contributed by atoms with Crippen molar-refractivity contribution in [2.24, 2.45) is 0 Å². The molecule has 0 aliphatic heterocycles. The van der Waals surface area contributed by atoms with Crippen LogP contribution in [0, 0.1) is 0 Å². The number of aromatic nitrogens is 2. The summed E-state index contributed by atoms with van der Waals surface area (Å²) in [5.41, 5.74) is 1.73. The topological polar surface area (TPSA) is 72.5 Å². The summed E-state index contributed by atoms with van der Waals surface area (Å²) in [7, 11) is 0. The number of para-hydroxylation sites is 2. The number of hydrogen-bond acceptors (Lipinski definition) is 5. The van der Waals surface area contributed by atoms with E-state index in [1.54, 1.807) is 12.1 Å². The minimum absolute atomic E-state index is 0.0224. The van der Waals surface area contributed by atoms with Crippen LogP contribution in [0.15, 0.2) is 40.8 Å². The molecular formula is C25H23Cl5N4O3. The summed E-state index contributed by atoms with van der Waals surface area (Å²) in [6.45, 7) is 7.53. The van der Waals surface area contributed by atoms with Crippen molar-refractivity contribution in [3.05, 3.63) is 73.0 Å². The van der Waals surface area contributed by atoms with Gasteiger partial charge in [-0.15, -0.1) is 0 Å². The van der Waals surface area contributed by atoms with Gasteiger partial charge in [-0.1, -0.05) is 84.0 Å². The normalized spacial score (nSPS) is 11.5. The van der Waals surface area contributed by atoms with Crippen molar-refractivity contribution in [3.8, 4) is 5.75 Å². The van der Waals surface area contributed by atoms with Gasteiger partial charge in [-0.2, -0.15) is 0 Å². The Morgan fingerprint density at radius 2 is 1.62 bits per heavy atom. The number of halogens is 5. The zero-order valence-corrected chi connectivity index (χ0v) is 23.7. The van der Waals surface area contributed by atoms with Crippen molar-refractivity contribution in [2.45, 2.75) is 27.0 Å². The summed E-state index contributed by atoms with van der Waals surface area (Å²) in [6, 6.07) is 10.9. The molecule has 0 bridgehead atoms. The maximum atomic E-state index is 13.0. The third kappa shape index (κ3) is 5.98. The molecule has 0 fully saturated rings. The van der Waals surface area contributed by atoms with Gasteiger partial charge >= 0.3 is 0 Å². The van der Waals surface area contributed by atoms with Crippen LogP contribution in [0.2, 0.25) is 25.1 Å². The van der Waals surface area contributed by atoms with Crippen LogP contribution in [0.4, 0.5) is 5.95 Å². The van der Waals surface area contributed by atoms with E-state index in [1.807, 2.05) is 28.8 Å². The molecule has 0 saturated carbocycles. The highest BCUT2D eigenvalue weighted by Crippen LogP contribution is 2.48. The number of amides is 1. The molecule has 7 nitrogen and oxygen atoms in total. The van der Waals surface area contributed by atoms with E-state index in [2.05, 4.69) is 29.0 Å². The molecule has 0 unspecified atom stereocenters. The SMILES string of the molecule is CCN(CC)CCn1c(NC(=O)c2ccc(COc3c(Cl)c(Cl)c(Cl)c(Cl)c3Cl)o2)nc2ccccc21. The molecule has 2 aromatic heterocycles. The standard InChI is InChI=1S/C25H23Cl5N4O3/c1-3-33(4-2)11-12-34-16-8-6-5-7-15(16)31-25(34)32-24(35)17-10-9-14(37-17)13-36-23-21(29)19(27)18(26)20(28)22(23)30/h5-10H,3-4,11-13H2,1-2H3,(H,31,32,35). The van der Waals surface area contributed by atoms with Gasteiger partial charge in [0.25, 0.3) is 5.91 Å². The molecule has 2 aromatic carbocycles. The van der Waals surface area contributed by atoms with Crippen molar-refractivity contribution in [2.75, 3.05) is 25.0 Å². The lowest BCUT2D eigenvalue weighted by Crippen LogP contribution is -2.27. The lowest BCUT2D eigenvalue weighted by atomic mass is 10.3. The highest BCUT2D eigenvalue weighted by atomic mass is 35.5.